The minimum Gasteiger partial charge on any atom is -0.612 e. The summed E-state index contributed by atoms with van der Waals surface area (Å²) >= 11 is 10.6. The zero-order valence-electron chi connectivity index (χ0n) is 10.4. The largest absolute Gasteiger partial charge is 0.612 e. The lowest BCUT2D eigenvalue weighted by Gasteiger charge is -2.06. The smallest absolute Gasteiger partial charge is 0.135 e. The van der Waals surface area contributed by atoms with Crippen LogP contribution in [0, 0.1) is 5.82 Å². The Morgan fingerprint density at radius 2 is 1.75 bits per heavy atom. The van der Waals surface area contributed by atoms with Gasteiger partial charge in [0.05, 0.1) is 10.0 Å². The summed E-state index contributed by atoms with van der Waals surface area (Å²) in [5.41, 5.74) is 1.65. The quantitative estimate of drug-likeness (QED) is 0.720. The van der Waals surface area contributed by atoms with E-state index in [0.29, 0.717) is 15.8 Å². The fourth-order valence-corrected chi connectivity index (χ4v) is 2.80. The summed E-state index contributed by atoms with van der Waals surface area (Å²) in [6.45, 7) is 0. The van der Waals surface area contributed by atoms with Gasteiger partial charge in [-0.1, -0.05) is 41.4 Å². The van der Waals surface area contributed by atoms with Crippen LogP contribution in [0.15, 0.2) is 47.9 Å². The van der Waals surface area contributed by atoms with E-state index in [0.717, 1.165) is 11.1 Å². The predicted octanol–water partition coefficient (Wildman–Crippen LogP) is 5.05. The Hall–Kier alpha value is -1.000. The first-order chi connectivity index (χ1) is 9.54. The second kappa shape index (κ2) is 7.14. The van der Waals surface area contributed by atoms with Gasteiger partial charge in [-0.15, -0.1) is 0 Å². The molecular weight excluding hydrogens is 318 g/mol. The fraction of sp³-hybridized carbons (Fsp3) is 0.0667. The van der Waals surface area contributed by atoms with Gasteiger partial charge in [0.25, 0.3) is 0 Å². The van der Waals surface area contributed by atoms with E-state index in [4.69, 9.17) is 23.2 Å². The maximum Gasteiger partial charge on any atom is 0.135 e. The molecule has 104 valence electrons. The number of halogens is 3. The molecule has 2 aromatic carbocycles. The monoisotopic (exact) mass is 328 g/mol. The normalized spacial score (nSPS) is 12.8. The Morgan fingerprint density at radius 3 is 2.40 bits per heavy atom. The Bertz CT molecular complexity index is 614. The van der Waals surface area contributed by atoms with Crippen LogP contribution in [0.25, 0.3) is 6.08 Å². The Labute approximate surface area is 130 Å². The molecule has 1 unspecified atom stereocenters. The molecule has 0 radical (unpaired) electrons. The molecular formula is C15H11Cl2FOS. The van der Waals surface area contributed by atoms with Gasteiger partial charge in [0.1, 0.15) is 17.0 Å². The van der Waals surface area contributed by atoms with Crippen LogP contribution < -0.4 is 0 Å². The highest BCUT2D eigenvalue weighted by molar-refractivity contribution is 7.93. The van der Waals surface area contributed by atoms with Crippen molar-refractivity contribution in [2.24, 2.45) is 0 Å². The van der Waals surface area contributed by atoms with Crippen LogP contribution in [0.3, 0.4) is 0 Å². The molecule has 1 atom stereocenters. The zero-order valence-corrected chi connectivity index (χ0v) is 12.7. The van der Waals surface area contributed by atoms with Crippen LogP contribution in [-0.2, 0) is 16.9 Å². The maximum atomic E-state index is 12.7. The predicted molar refractivity (Wildman–Crippen MR) is 83.7 cm³/mol. The van der Waals surface area contributed by atoms with Crippen LogP contribution in [-0.4, -0.2) is 4.55 Å². The molecule has 0 saturated carbocycles. The molecule has 2 rings (SSSR count). The highest BCUT2D eigenvalue weighted by atomic mass is 35.5. The zero-order chi connectivity index (χ0) is 14.5. The van der Waals surface area contributed by atoms with Gasteiger partial charge in [-0.05, 0) is 47.1 Å². The summed E-state index contributed by atoms with van der Waals surface area (Å²) < 4.78 is 24.7. The molecule has 0 aliphatic carbocycles. The maximum absolute atomic E-state index is 12.7. The lowest BCUT2D eigenvalue weighted by atomic mass is 10.2. The molecule has 0 N–H and O–H groups in total. The Morgan fingerprint density at radius 1 is 1.05 bits per heavy atom. The summed E-state index contributed by atoms with van der Waals surface area (Å²) in [6, 6.07) is 11.2. The van der Waals surface area contributed by atoms with Crippen molar-refractivity contribution in [2.45, 2.75) is 5.75 Å². The van der Waals surface area contributed by atoms with Crippen molar-refractivity contribution < 1.29 is 8.94 Å². The number of rotatable bonds is 4. The molecule has 0 spiro atoms. The Balaban J connectivity index is 1.99. The van der Waals surface area contributed by atoms with Crippen LogP contribution in [0.1, 0.15) is 11.1 Å². The van der Waals surface area contributed by atoms with Gasteiger partial charge in [0.2, 0.25) is 0 Å². The minimum atomic E-state index is -1.17. The highest BCUT2D eigenvalue weighted by Gasteiger charge is 2.06. The molecule has 0 aliphatic rings. The second-order valence-electron chi connectivity index (χ2n) is 4.13. The third kappa shape index (κ3) is 4.53. The van der Waals surface area contributed by atoms with Gasteiger partial charge in [-0.3, -0.25) is 0 Å². The van der Waals surface area contributed by atoms with Gasteiger partial charge >= 0.3 is 0 Å². The van der Waals surface area contributed by atoms with Crippen molar-refractivity contribution in [3.8, 4) is 0 Å². The Kier molecular flexibility index (Phi) is 5.49. The summed E-state index contributed by atoms with van der Waals surface area (Å²) in [5.74, 6) is 0.0632. The minimum absolute atomic E-state index is 0.293. The molecule has 0 saturated heterocycles. The van der Waals surface area contributed by atoms with E-state index in [1.54, 1.807) is 41.8 Å². The van der Waals surface area contributed by atoms with E-state index in [2.05, 4.69) is 0 Å². The molecule has 0 heterocycles. The summed E-state index contributed by atoms with van der Waals surface area (Å²) in [5, 5.41) is 2.50. The number of hydrogen-bond acceptors (Lipinski definition) is 1. The molecule has 0 amide bonds. The van der Waals surface area contributed by atoms with Crippen LogP contribution >= 0.6 is 23.2 Å². The van der Waals surface area contributed by atoms with Crippen molar-refractivity contribution in [1.29, 1.82) is 0 Å². The molecule has 2 aromatic rings. The molecule has 5 heteroatoms. The average molecular weight is 329 g/mol. The molecule has 0 bridgehead atoms. The van der Waals surface area contributed by atoms with Gasteiger partial charge < -0.3 is 4.55 Å². The second-order valence-corrected chi connectivity index (χ2v) is 6.26. The third-order valence-electron chi connectivity index (χ3n) is 2.58. The topological polar surface area (TPSA) is 23.1 Å². The molecule has 20 heavy (non-hydrogen) atoms. The SMILES string of the molecule is [O-][S+](C=Cc1ccc(F)cc1)Cc1ccc(Cl)c(Cl)c1. The number of benzene rings is 2. The van der Waals surface area contributed by atoms with Crippen molar-refractivity contribution in [3.63, 3.8) is 0 Å². The van der Waals surface area contributed by atoms with Crippen LogP contribution in [0.2, 0.25) is 10.0 Å². The van der Waals surface area contributed by atoms with Gasteiger partial charge in [-0.25, -0.2) is 4.39 Å². The lowest BCUT2D eigenvalue weighted by molar-refractivity contribution is 0.603. The highest BCUT2D eigenvalue weighted by Crippen LogP contribution is 2.23. The van der Waals surface area contributed by atoms with Gasteiger partial charge in [0.15, 0.2) is 0 Å². The molecule has 0 aliphatic heterocycles. The average Bonchev–Trinajstić information content (AvgIpc) is 2.42. The standard InChI is InChI=1S/C15H11Cl2FOS/c16-14-6-3-12(9-15(14)17)10-20(19)8-7-11-1-4-13(18)5-2-11/h1-9H,10H2. The van der Waals surface area contributed by atoms with Crippen molar-refractivity contribution in [1.82, 2.24) is 0 Å². The van der Waals surface area contributed by atoms with E-state index in [1.165, 1.54) is 12.1 Å². The summed E-state index contributed by atoms with van der Waals surface area (Å²) in [6.07, 6.45) is 1.70. The molecule has 1 nitrogen and oxygen atoms in total. The van der Waals surface area contributed by atoms with Crippen molar-refractivity contribution >= 4 is 40.5 Å². The summed E-state index contributed by atoms with van der Waals surface area (Å²) in [4.78, 5) is 0. The molecule has 0 aromatic heterocycles. The van der Waals surface area contributed by atoms with Crippen molar-refractivity contribution in [3.05, 3.63) is 74.9 Å². The van der Waals surface area contributed by atoms with E-state index in [9.17, 15) is 8.94 Å². The first-order valence-corrected chi connectivity index (χ1v) is 7.93. The molecule has 0 fully saturated rings. The van der Waals surface area contributed by atoms with Crippen LogP contribution in [0.4, 0.5) is 4.39 Å². The lowest BCUT2D eigenvalue weighted by Crippen LogP contribution is -2.00. The first kappa shape index (κ1) is 15.4. The van der Waals surface area contributed by atoms with Crippen LogP contribution in [0.5, 0.6) is 0 Å². The van der Waals surface area contributed by atoms with E-state index >= 15 is 0 Å². The fourth-order valence-electron chi connectivity index (χ4n) is 1.57. The van der Waals surface area contributed by atoms with Gasteiger partial charge in [0, 0.05) is 5.56 Å². The van der Waals surface area contributed by atoms with E-state index < -0.39 is 11.2 Å². The third-order valence-corrected chi connectivity index (χ3v) is 4.37. The van der Waals surface area contributed by atoms with E-state index in [1.807, 2.05) is 0 Å². The van der Waals surface area contributed by atoms with Crippen molar-refractivity contribution in [2.75, 3.05) is 0 Å². The first-order valence-electron chi connectivity index (χ1n) is 5.79. The number of hydrogen-bond donors (Lipinski definition) is 0. The van der Waals surface area contributed by atoms with E-state index in [-0.39, 0.29) is 5.82 Å². The van der Waals surface area contributed by atoms with Gasteiger partial charge in [-0.2, -0.15) is 0 Å². The summed E-state index contributed by atoms with van der Waals surface area (Å²) in [7, 11) is 0.